The summed E-state index contributed by atoms with van der Waals surface area (Å²) in [5, 5.41) is 10.8. The predicted octanol–water partition coefficient (Wildman–Crippen LogP) is 3.07. The molecule has 2 fully saturated rings. The van der Waals surface area contributed by atoms with Crippen LogP contribution in [0.15, 0.2) is 18.2 Å². The molecule has 1 aliphatic carbocycles. The molecule has 1 saturated carbocycles. The second-order valence-corrected chi connectivity index (χ2v) is 6.10. The van der Waals surface area contributed by atoms with Crippen LogP contribution in [0, 0.1) is 5.82 Å². The van der Waals surface area contributed by atoms with Gasteiger partial charge in [0, 0.05) is 19.3 Å². The third kappa shape index (κ3) is 2.70. The minimum atomic E-state index is -0.863. The Balaban J connectivity index is 1.70. The fourth-order valence-electron chi connectivity index (χ4n) is 3.10. The van der Waals surface area contributed by atoms with E-state index in [2.05, 4.69) is 0 Å². The first-order valence-corrected chi connectivity index (χ1v) is 7.33. The van der Waals surface area contributed by atoms with Crippen molar-refractivity contribution in [3.05, 3.63) is 34.6 Å². The molecule has 1 aromatic carbocycles. The lowest BCUT2D eigenvalue weighted by atomic mass is 9.78. The lowest BCUT2D eigenvalue weighted by Crippen LogP contribution is -2.44. The van der Waals surface area contributed by atoms with E-state index < -0.39 is 17.2 Å². The van der Waals surface area contributed by atoms with Crippen molar-refractivity contribution < 1.29 is 19.0 Å². The van der Waals surface area contributed by atoms with E-state index in [0.717, 1.165) is 0 Å². The highest BCUT2D eigenvalue weighted by molar-refractivity contribution is 6.31. The van der Waals surface area contributed by atoms with E-state index >= 15 is 0 Å². The van der Waals surface area contributed by atoms with Gasteiger partial charge in [-0.25, -0.2) is 4.39 Å². The second-order valence-electron chi connectivity index (χ2n) is 5.72. The molecule has 1 N–H and O–H groups in total. The first-order valence-electron chi connectivity index (χ1n) is 6.95. The zero-order valence-corrected chi connectivity index (χ0v) is 12.0. The van der Waals surface area contributed by atoms with Crippen LogP contribution in [0.5, 0.6) is 0 Å². The third-order valence-corrected chi connectivity index (χ3v) is 4.73. The lowest BCUT2D eigenvalue weighted by Gasteiger charge is -2.40. The Labute approximate surface area is 122 Å². The molecule has 1 aliphatic heterocycles. The number of benzene rings is 1. The zero-order chi connectivity index (χ0) is 14.2. The van der Waals surface area contributed by atoms with Gasteiger partial charge in [0.1, 0.15) is 5.82 Å². The van der Waals surface area contributed by atoms with Gasteiger partial charge in [-0.15, -0.1) is 0 Å². The van der Waals surface area contributed by atoms with E-state index in [-0.39, 0.29) is 5.02 Å². The Morgan fingerprint density at radius 1 is 1.15 bits per heavy atom. The molecule has 0 atom stereocenters. The first kappa shape index (κ1) is 14.3. The largest absolute Gasteiger partial charge is 0.390 e. The predicted molar refractivity (Wildman–Crippen MR) is 73.2 cm³/mol. The highest BCUT2D eigenvalue weighted by Gasteiger charge is 2.45. The van der Waals surface area contributed by atoms with Gasteiger partial charge in [-0.2, -0.15) is 0 Å². The summed E-state index contributed by atoms with van der Waals surface area (Å²) < 4.78 is 24.7. The number of aliphatic hydroxyl groups is 1. The molecule has 0 amide bonds. The van der Waals surface area contributed by atoms with Gasteiger partial charge in [-0.05, 0) is 24.5 Å². The maximum Gasteiger partial charge on any atom is 0.168 e. The van der Waals surface area contributed by atoms with Crippen molar-refractivity contribution in [1.82, 2.24) is 0 Å². The minimum Gasteiger partial charge on any atom is -0.390 e. The standard InChI is InChI=1S/C15H18ClFO3/c16-13-11(2-1-3-12(13)17)10-14(18)4-6-15(7-5-14)19-8-9-20-15/h1-3,18H,4-10H2. The molecule has 0 aromatic heterocycles. The molecule has 1 heterocycles. The normalized spacial score (nSPS) is 24.1. The average Bonchev–Trinajstić information content (AvgIpc) is 2.88. The summed E-state index contributed by atoms with van der Waals surface area (Å²) >= 11 is 5.96. The third-order valence-electron chi connectivity index (χ3n) is 4.31. The zero-order valence-electron chi connectivity index (χ0n) is 11.2. The molecule has 0 bridgehead atoms. The van der Waals surface area contributed by atoms with Gasteiger partial charge in [-0.3, -0.25) is 0 Å². The Morgan fingerprint density at radius 2 is 1.80 bits per heavy atom. The van der Waals surface area contributed by atoms with Gasteiger partial charge in [0.25, 0.3) is 0 Å². The Hall–Kier alpha value is -0.680. The van der Waals surface area contributed by atoms with Gasteiger partial charge >= 0.3 is 0 Å². The molecule has 1 spiro atoms. The van der Waals surface area contributed by atoms with Crippen molar-refractivity contribution in [2.24, 2.45) is 0 Å². The maximum atomic E-state index is 13.4. The van der Waals surface area contributed by atoms with Crippen molar-refractivity contribution in [3.63, 3.8) is 0 Å². The number of hydrogen-bond acceptors (Lipinski definition) is 3. The summed E-state index contributed by atoms with van der Waals surface area (Å²) in [7, 11) is 0. The molecular weight excluding hydrogens is 283 g/mol. The van der Waals surface area contributed by atoms with Gasteiger partial charge in [0.05, 0.1) is 23.8 Å². The fraction of sp³-hybridized carbons (Fsp3) is 0.600. The smallest absolute Gasteiger partial charge is 0.168 e. The highest BCUT2D eigenvalue weighted by Crippen LogP contribution is 2.42. The molecule has 1 aromatic rings. The fourth-order valence-corrected chi connectivity index (χ4v) is 3.29. The van der Waals surface area contributed by atoms with Crippen molar-refractivity contribution in [2.75, 3.05) is 13.2 Å². The van der Waals surface area contributed by atoms with Gasteiger partial charge < -0.3 is 14.6 Å². The van der Waals surface area contributed by atoms with Gasteiger partial charge in [0.2, 0.25) is 0 Å². The van der Waals surface area contributed by atoms with E-state index in [1.807, 2.05) is 0 Å². The van der Waals surface area contributed by atoms with Crippen molar-refractivity contribution in [1.29, 1.82) is 0 Å². The minimum absolute atomic E-state index is 0.106. The topological polar surface area (TPSA) is 38.7 Å². The van der Waals surface area contributed by atoms with Gasteiger partial charge in [-0.1, -0.05) is 23.7 Å². The molecule has 3 rings (SSSR count). The van der Waals surface area contributed by atoms with Crippen LogP contribution in [-0.4, -0.2) is 29.7 Å². The van der Waals surface area contributed by atoms with E-state index in [1.54, 1.807) is 12.1 Å². The number of ether oxygens (including phenoxy) is 2. The molecule has 0 unspecified atom stereocenters. The van der Waals surface area contributed by atoms with Crippen LogP contribution < -0.4 is 0 Å². The van der Waals surface area contributed by atoms with Crippen LogP contribution >= 0.6 is 11.6 Å². The van der Waals surface area contributed by atoms with Crippen LogP contribution in [0.4, 0.5) is 4.39 Å². The maximum absolute atomic E-state index is 13.4. The molecule has 0 radical (unpaired) electrons. The summed E-state index contributed by atoms with van der Waals surface area (Å²) in [6.45, 7) is 1.24. The number of hydrogen-bond donors (Lipinski definition) is 1. The molecular formula is C15H18ClFO3. The van der Waals surface area contributed by atoms with E-state index in [1.165, 1.54) is 6.07 Å². The van der Waals surface area contributed by atoms with Crippen LogP contribution in [0.2, 0.25) is 5.02 Å². The SMILES string of the molecule is OC1(Cc2cccc(F)c2Cl)CCC2(CC1)OCCO2. The van der Waals surface area contributed by atoms with E-state index in [9.17, 15) is 9.50 Å². The monoisotopic (exact) mass is 300 g/mol. The Bertz CT molecular complexity index is 490. The summed E-state index contributed by atoms with van der Waals surface area (Å²) in [6.07, 6.45) is 2.83. The molecule has 20 heavy (non-hydrogen) atoms. The summed E-state index contributed by atoms with van der Waals surface area (Å²) in [4.78, 5) is 0. The molecule has 110 valence electrons. The summed E-state index contributed by atoms with van der Waals surface area (Å²) in [5.41, 5.74) is -0.212. The first-order chi connectivity index (χ1) is 9.52. The van der Waals surface area contributed by atoms with Crippen molar-refractivity contribution in [3.8, 4) is 0 Å². The molecule has 3 nitrogen and oxygen atoms in total. The average molecular weight is 301 g/mol. The van der Waals surface area contributed by atoms with Crippen LogP contribution in [0.25, 0.3) is 0 Å². The van der Waals surface area contributed by atoms with Crippen molar-refractivity contribution >= 4 is 11.6 Å². The van der Waals surface area contributed by atoms with E-state index in [0.29, 0.717) is 50.9 Å². The molecule has 1 saturated heterocycles. The number of halogens is 2. The summed E-state index contributed by atoms with van der Waals surface area (Å²) in [6, 6.07) is 4.70. The van der Waals surface area contributed by atoms with Crippen molar-refractivity contribution in [2.45, 2.75) is 43.5 Å². The van der Waals surface area contributed by atoms with Crippen LogP contribution in [0.3, 0.4) is 0 Å². The molecule has 2 aliphatic rings. The Morgan fingerprint density at radius 3 is 2.45 bits per heavy atom. The van der Waals surface area contributed by atoms with Gasteiger partial charge in [0.15, 0.2) is 5.79 Å². The van der Waals surface area contributed by atoms with E-state index in [4.69, 9.17) is 21.1 Å². The van der Waals surface area contributed by atoms with Crippen LogP contribution in [0.1, 0.15) is 31.2 Å². The molecule has 5 heteroatoms. The number of rotatable bonds is 2. The highest BCUT2D eigenvalue weighted by atomic mass is 35.5. The Kier molecular flexibility index (Phi) is 3.75. The summed E-state index contributed by atoms with van der Waals surface area (Å²) in [5.74, 6) is -0.944. The van der Waals surface area contributed by atoms with Crippen LogP contribution in [-0.2, 0) is 15.9 Å². The quantitative estimate of drug-likeness (QED) is 0.912. The lowest BCUT2D eigenvalue weighted by molar-refractivity contribution is -0.202. The second kappa shape index (κ2) is 5.26.